The monoisotopic (exact) mass is 243 g/mol. The van der Waals surface area contributed by atoms with Crippen molar-refractivity contribution in [3.63, 3.8) is 0 Å². The van der Waals surface area contributed by atoms with Crippen molar-refractivity contribution in [1.29, 1.82) is 0 Å². The van der Waals surface area contributed by atoms with Crippen LogP contribution in [0.4, 0.5) is 0 Å². The van der Waals surface area contributed by atoms with Crippen LogP contribution in [0.5, 0.6) is 0 Å². The summed E-state index contributed by atoms with van der Waals surface area (Å²) in [5.41, 5.74) is -0.495. The third-order valence-corrected chi connectivity index (χ3v) is 2.86. The van der Waals surface area contributed by atoms with Gasteiger partial charge in [-0.05, 0) is 17.8 Å². The predicted molar refractivity (Wildman–Crippen MR) is 67.7 cm³/mol. The van der Waals surface area contributed by atoms with Crippen molar-refractivity contribution >= 4 is 11.9 Å². The topological polar surface area (TPSA) is 66.4 Å². The highest BCUT2D eigenvalue weighted by Crippen LogP contribution is 2.25. The van der Waals surface area contributed by atoms with Crippen LogP contribution in [0.3, 0.4) is 0 Å². The highest BCUT2D eigenvalue weighted by molar-refractivity contribution is 5.78. The number of carbonyl (C=O) groups excluding carboxylic acids is 1. The summed E-state index contributed by atoms with van der Waals surface area (Å²) in [6.45, 7) is 9.77. The summed E-state index contributed by atoms with van der Waals surface area (Å²) in [5, 5.41) is 11.7. The Morgan fingerprint density at radius 1 is 1.24 bits per heavy atom. The van der Waals surface area contributed by atoms with Gasteiger partial charge in [0.1, 0.15) is 0 Å². The maximum absolute atomic E-state index is 11.8. The molecule has 4 nitrogen and oxygen atoms in total. The first-order valence-corrected chi connectivity index (χ1v) is 6.19. The number of carboxylic acids is 1. The third kappa shape index (κ3) is 6.97. The number of hydrogen-bond donors (Lipinski definition) is 2. The largest absolute Gasteiger partial charge is 0.481 e. The second-order valence-corrected chi connectivity index (χ2v) is 5.74. The second kappa shape index (κ2) is 6.62. The molecule has 0 fully saturated rings. The maximum atomic E-state index is 11.8. The van der Waals surface area contributed by atoms with Crippen LogP contribution >= 0.6 is 0 Å². The first kappa shape index (κ1) is 15.9. The molecule has 100 valence electrons. The lowest BCUT2D eigenvalue weighted by Gasteiger charge is -2.25. The highest BCUT2D eigenvalue weighted by atomic mass is 16.4. The van der Waals surface area contributed by atoms with Gasteiger partial charge in [0.05, 0.1) is 6.42 Å². The molecule has 0 aliphatic carbocycles. The number of carboxylic acid groups (broad SMARTS) is 1. The molecule has 0 spiro atoms. The highest BCUT2D eigenvalue weighted by Gasteiger charge is 2.26. The van der Waals surface area contributed by atoms with Crippen LogP contribution in [-0.2, 0) is 9.59 Å². The van der Waals surface area contributed by atoms with E-state index in [1.807, 2.05) is 6.92 Å². The van der Waals surface area contributed by atoms with Crippen molar-refractivity contribution in [3.8, 4) is 0 Å². The van der Waals surface area contributed by atoms with Gasteiger partial charge in [0.25, 0.3) is 0 Å². The Bertz CT molecular complexity index is 272. The van der Waals surface area contributed by atoms with Crippen molar-refractivity contribution < 1.29 is 14.7 Å². The molecule has 1 atom stereocenters. The summed E-state index contributed by atoms with van der Waals surface area (Å²) in [5.74, 6) is -0.526. The van der Waals surface area contributed by atoms with E-state index >= 15 is 0 Å². The van der Waals surface area contributed by atoms with E-state index < -0.39 is 11.4 Å². The standard InChI is InChI=1S/C13H25NO3/c1-6-10(9(2)3)14-11(15)7-13(4,5)8-12(16)17/h9-10H,6-8H2,1-5H3,(H,14,15)(H,16,17). The minimum atomic E-state index is -0.862. The fourth-order valence-electron chi connectivity index (χ4n) is 1.90. The Hall–Kier alpha value is -1.06. The van der Waals surface area contributed by atoms with Crippen LogP contribution in [-0.4, -0.2) is 23.0 Å². The Labute approximate surface area is 104 Å². The summed E-state index contributed by atoms with van der Waals surface area (Å²) < 4.78 is 0. The van der Waals surface area contributed by atoms with Crippen LogP contribution in [0, 0.1) is 11.3 Å². The molecule has 0 aliphatic rings. The fraction of sp³-hybridized carbons (Fsp3) is 0.846. The molecule has 0 bridgehead atoms. The lowest BCUT2D eigenvalue weighted by atomic mass is 9.85. The zero-order valence-electron chi connectivity index (χ0n) is 11.5. The molecule has 0 aliphatic heterocycles. The lowest BCUT2D eigenvalue weighted by Crippen LogP contribution is -2.40. The summed E-state index contributed by atoms with van der Waals surface area (Å²) in [6, 6.07) is 0.170. The number of rotatable bonds is 7. The molecule has 0 saturated carbocycles. The molecule has 0 radical (unpaired) electrons. The Kier molecular flexibility index (Phi) is 6.21. The first-order chi connectivity index (χ1) is 7.68. The number of amides is 1. The zero-order valence-corrected chi connectivity index (χ0v) is 11.5. The first-order valence-electron chi connectivity index (χ1n) is 6.19. The molecule has 2 N–H and O–H groups in total. The van der Waals surface area contributed by atoms with Gasteiger partial charge >= 0.3 is 5.97 Å². The van der Waals surface area contributed by atoms with Crippen LogP contribution < -0.4 is 5.32 Å². The van der Waals surface area contributed by atoms with Crippen molar-refractivity contribution in [2.24, 2.45) is 11.3 Å². The molecule has 1 unspecified atom stereocenters. The molecule has 1 amide bonds. The van der Waals surface area contributed by atoms with Gasteiger partial charge in [-0.15, -0.1) is 0 Å². The molecular formula is C13H25NO3. The van der Waals surface area contributed by atoms with Crippen LogP contribution in [0.25, 0.3) is 0 Å². The number of aliphatic carboxylic acids is 1. The number of nitrogens with one attached hydrogen (secondary N) is 1. The smallest absolute Gasteiger partial charge is 0.303 e. The Morgan fingerprint density at radius 2 is 1.76 bits per heavy atom. The minimum Gasteiger partial charge on any atom is -0.481 e. The van der Waals surface area contributed by atoms with Crippen molar-refractivity contribution in [2.75, 3.05) is 0 Å². The summed E-state index contributed by atoms with van der Waals surface area (Å²) in [7, 11) is 0. The van der Waals surface area contributed by atoms with E-state index in [-0.39, 0.29) is 24.8 Å². The Balaban J connectivity index is 4.29. The summed E-state index contributed by atoms with van der Waals surface area (Å²) in [4.78, 5) is 22.5. The van der Waals surface area contributed by atoms with Crippen LogP contribution in [0.15, 0.2) is 0 Å². The van der Waals surface area contributed by atoms with E-state index in [0.717, 1.165) is 6.42 Å². The Morgan fingerprint density at radius 3 is 2.12 bits per heavy atom. The molecule has 0 aromatic heterocycles. The summed E-state index contributed by atoms with van der Waals surface area (Å²) in [6.07, 6.45) is 1.16. The SMILES string of the molecule is CCC(NC(=O)CC(C)(C)CC(=O)O)C(C)C. The van der Waals surface area contributed by atoms with Gasteiger partial charge in [-0.3, -0.25) is 9.59 Å². The second-order valence-electron chi connectivity index (χ2n) is 5.74. The molecule has 0 heterocycles. The van der Waals surface area contributed by atoms with E-state index in [1.165, 1.54) is 0 Å². The molecule has 0 rings (SSSR count). The van der Waals surface area contributed by atoms with Gasteiger partial charge in [0.15, 0.2) is 0 Å². The van der Waals surface area contributed by atoms with Gasteiger partial charge in [0, 0.05) is 12.5 Å². The van der Waals surface area contributed by atoms with Crippen molar-refractivity contribution in [1.82, 2.24) is 5.32 Å². The fourth-order valence-corrected chi connectivity index (χ4v) is 1.90. The van der Waals surface area contributed by atoms with E-state index in [9.17, 15) is 9.59 Å². The van der Waals surface area contributed by atoms with E-state index in [2.05, 4.69) is 19.2 Å². The predicted octanol–water partition coefficient (Wildman–Crippen LogP) is 2.43. The van der Waals surface area contributed by atoms with Gasteiger partial charge in [-0.25, -0.2) is 0 Å². The maximum Gasteiger partial charge on any atom is 0.303 e. The third-order valence-electron chi connectivity index (χ3n) is 2.86. The zero-order chi connectivity index (χ0) is 13.6. The lowest BCUT2D eigenvalue weighted by molar-refractivity contribution is -0.139. The molecule has 4 heteroatoms. The van der Waals surface area contributed by atoms with Crippen LogP contribution in [0.2, 0.25) is 0 Å². The normalized spacial score (nSPS) is 13.5. The van der Waals surface area contributed by atoms with Crippen molar-refractivity contribution in [3.05, 3.63) is 0 Å². The van der Waals surface area contributed by atoms with E-state index in [1.54, 1.807) is 13.8 Å². The molecular weight excluding hydrogens is 218 g/mol. The van der Waals surface area contributed by atoms with E-state index in [0.29, 0.717) is 5.92 Å². The van der Waals surface area contributed by atoms with Crippen molar-refractivity contribution in [2.45, 2.75) is 59.9 Å². The van der Waals surface area contributed by atoms with Gasteiger partial charge in [0.2, 0.25) is 5.91 Å². The molecule has 0 aromatic carbocycles. The van der Waals surface area contributed by atoms with Crippen LogP contribution in [0.1, 0.15) is 53.9 Å². The average molecular weight is 243 g/mol. The number of hydrogen-bond acceptors (Lipinski definition) is 2. The van der Waals surface area contributed by atoms with Gasteiger partial charge < -0.3 is 10.4 Å². The molecule has 17 heavy (non-hydrogen) atoms. The number of carbonyl (C=O) groups is 2. The minimum absolute atomic E-state index is 0.0128. The molecule has 0 aromatic rings. The van der Waals surface area contributed by atoms with Gasteiger partial charge in [-0.1, -0.05) is 34.6 Å². The quantitative estimate of drug-likeness (QED) is 0.721. The molecule has 0 saturated heterocycles. The summed E-state index contributed by atoms with van der Waals surface area (Å²) >= 11 is 0. The average Bonchev–Trinajstić information content (AvgIpc) is 2.10. The van der Waals surface area contributed by atoms with Gasteiger partial charge in [-0.2, -0.15) is 0 Å². The van der Waals surface area contributed by atoms with E-state index in [4.69, 9.17) is 5.11 Å².